The summed E-state index contributed by atoms with van der Waals surface area (Å²) in [6, 6.07) is 16.8. The molecule has 0 atom stereocenters. The van der Waals surface area contributed by atoms with Gasteiger partial charge in [-0.05, 0) is 54.8 Å². The number of carbonyl (C=O) groups excluding carboxylic acids is 2. The lowest BCUT2D eigenvalue weighted by Gasteiger charge is -2.05. The van der Waals surface area contributed by atoms with Gasteiger partial charge in [-0.2, -0.15) is 5.10 Å². The van der Waals surface area contributed by atoms with E-state index in [1.54, 1.807) is 11.7 Å². The molecule has 0 aliphatic rings. The number of nitrogens with one attached hydrogen (secondary N) is 2. The molecular formula is C19H21N3O4. The van der Waals surface area contributed by atoms with Gasteiger partial charge in [-0.3, -0.25) is 14.8 Å². The van der Waals surface area contributed by atoms with Gasteiger partial charge in [-0.25, -0.2) is 10.9 Å². The van der Waals surface area contributed by atoms with Crippen LogP contribution in [-0.2, 0) is 9.59 Å². The van der Waals surface area contributed by atoms with Crippen molar-refractivity contribution in [2.24, 2.45) is 5.10 Å². The van der Waals surface area contributed by atoms with Crippen molar-refractivity contribution in [1.29, 1.82) is 0 Å². The zero-order valence-electron chi connectivity index (χ0n) is 14.2. The molecule has 0 aliphatic carbocycles. The smallest absolute Gasteiger partial charge is 0.243 e. The molecule has 0 spiro atoms. The van der Waals surface area contributed by atoms with Gasteiger partial charge in [0.05, 0.1) is 6.21 Å². The Hall–Kier alpha value is -3.19. The lowest BCUT2D eigenvalue weighted by atomic mass is 10.2. The minimum atomic E-state index is -0.455. The predicted molar refractivity (Wildman–Crippen MR) is 97.1 cm³/mol. The Kier molecular flexibility index (Phi) is 7.82. The van der Waals surface area contributed by atoms with Gasteiger partial charge in [0.1, 0.15) is 11.5 Å². The Balaban J connectivity index is 1.71. The van der Waals surface area contributed by atoms with Gasteiger partial charge < -0.3 is 4.74 Å². The number of para-hydroxylation sites is 1. The highest BCUT2D eigenvalue weighted by atomic mass is 16.5. The van der Waals surface area contributed by atoms with Crippen LogP contribution in [0.4, 0.5) is 0 Å². The van der Waals surface area contributed by atoms with E-state index >= 15 is 0 Å². The fourth-order valence-corrected chi connectivity index (χ4v) is 2.11. The topological polar surface area (TPSA) is 100 Å². The highest BCUT2D eigenvalue weighted by Crippen LogP contribution is 2.20. The fraction of sp³-hybridized carbons (Fsp3) is 0.211. The molecule has 26 heavy (non-hydrogen) atoms. The number of amides is 2. The lowest BCUT2D eigenvalue weighted by molar-refractivity contribution is -0.129. The molecule has 0 fully saturated rings. The molecule has 0 heterocycles. The van der Waals surface area contributed by atoms with Crippen molar-refractivity contribution in [3.05, 3.63) is 60.2 Å². The number of unbranched alkanes of at least 4 members (excludes halogenated alkanes) is 1. The summed E-state index contributed by atoms with van der Waals surface area (Å²) in [5.41, 5.74) is 4.81. The molecule has 0 aliphatic heterocycles. The van der Waals surface area contributed by atoms with Crippen molar-refractivity contribution in [2.45, 2.75) is 25.7 Å². The number of hydrogen-bond donors (Lipinski definition) is 3. The monoisotopic (exact) mass is 355 g/mol. The number of hydrazone groups is 1. The molecule has 0 aromatic heterocycles. The number of nitrogens with zero attached hydrogens (tertiary/aromatic N) is 1. The largest absolute Gasteiger partial charge is 0.457 e. The van der Waals surface area contributed by atoms with Gasteiger partial charge in [0.15, 0.2) is 0 Å². The van der Waals surface area contributed by atoms with E-state index in [0.717, 1.165) is 11.3 Å². The molecule has 3 N–H and O–H groups in total. The minimum Gasteiger partial charge on any atom is -0.457 e. The second-order valence-corrected chi connectivity index (χ2v) is 5.52. The van der Waals surface area contributed by atoms with Crippen LogP contribution in [-0.4, -0.2) is 23.2 Å². The number of carbonyl (C=O) groups is 2. The van der Waals surface area contributed by atoms with E-state index in [1.807, 2.05) is 54.6 Å². The third-order valence-corrected chi connectivity index (χ3v) is 3.44. The normalized spacial score (nSPS) is 10.5. The van der Waals surface area contributed by atoms with E-state index < -0.39 is 5.91 Å². The molecule has 2 aromatic carbocycles. The van der Waals surface area contributed by atoms with E-state index in [9.17, 15) is 9.59 Å². The molecule has 136 valence electrons. The van der Waals surface area contributed by atoms with Crippen LogP contribution in [0.1, 0.15) is 31.2 Å². The molecule has 2 amide bonds. The van der Waals surface area contributed by atoms with Crippen LogP contribution in [0.3, 0.4) is 0 Å². The van der Waals surface area contributed by atoms with Gasteiger partial charge >= 0.3 is 0 Å². The quantitative estimate of drug-likeness (QED) is 0.279. The molecule has 7 heteroatoms. The number of hydrogen-bond acceptors (Lipinski definition) is 5. The standard InChI is InChI=1S/C19H21N3O4/c23-18(8-4-5-9-19(24)22-25)21-20-14-15-10-12-17(13-11-15)26-16-6-2-1-3-7-16/h1-3,6-7,10-14,25H,4-5,8-9H2,(H,21,23)(H,22,24)/b20-14+. The third kappa shape index (κ3) is 7.14. The zero-order valence-corrected chi connectivity index (χ0v) is 14.2. The van der Waals surface area contributed by atoms with Crippen LogP contribution < -0.4 is 15.6 Å². The second kappa shape index (κ2) is 10.6. The molecule has 0 saturated heterocycles. The summed E-state index contributed by atoms with van der Waals surface area (Å²) in [6.45, 7) is 0. The second-order valence-electron chi connectivity index (χ2n) is 5.52. The van der Waals surface area contributed by atoms with Gasteiger partial charge in [-0.15, -0.1) is 0 Å². The summed E-state index contributed by atoms with van der Waals surface area (Å²) in [6.07, 6.45) is 3.06. The van der Waals surface area contributed by atoms with E-state index in [0.29, 0.717) is 18.6 Å². The van der Waals surface area contributed by atoms with Crippen molar-refractivity contribution < 1.29 is 19.5 Å². The van der Waals surface area contributed by atoms with E-state index in [-0.39, 0.29) is 18.7 Å². The first-order chi connectivity index (χ1) is 12.7. The van der Waals surface area contributed by atoms with Crippen LogP contribution in [0.15, 0.2) is 59.7 Å². The fourth-order valence-electron chi connectivity index (χ4n) is 2.11. The Bertz CT molecular complexity index is 730. The third-order valence-electron chi connectivity index (χ3n) is 3.44. The van der Waals surface area contributed by atoms with Crippen molar-refractivity contribution in [3.8, 4) is 11.5 Å². The summed E-state index contributed by atoms with van der Waals surface area (Å²) < 4.78 is 5.70. The lowest BCUT2D eigenvalue weighted by Crippen LogP contribution is -2.19. The molecule has 0 saturated carbocycles. The van der Waals surface area contributed by atoms with Crippen LogP contribution in [0, 0.1) is 0 Å². The number of rotatable bonds is 9. The maximum Gasteiger partial charge on any atom is 0.243 e. The maximum atomic E-state index is 11.6. The Labute approximate surface area is 151 Å². The molecule has 2 aromatic rings. The van der Waals surface area contributed by atoms with Crippen LogP contribution in [0.5, 0.6) is 11.5 Å². The van der Waals surface area contributed by atoms with E-state index in [2.05, 4.69) is 10.5 Å². The van der Waals surface area contributed by atoms with Gasteiger partial charge in [0, 0.05) is 12.8 Å². The first-order valence-corrected chi connectivity index (χ1v) is 8.25. The first-order valence-electron chi connectivity index (χ1n) is 8.25. The van der Waals surface area contributed by atoms with Gasteiger partial charge in [0.25, 0.3) is 0 Å². The summed E-state index contributed by atoms with van der Waals surface area (Å²) in [5.74, 6) is 0.791. The van der Waals surface area contributed by atoms with Crippen molar-refractivity contribution in [1.82, 2.24) is 10.9 Å². The number of benzene rings is 2. The van der Waals surface area contributed by atoms with Crippen molar-refractivity contribution in [2.75, 3.05) is 0 Å². The van der Waals surface area contributed by atoms with Crippen molar-refractivity contribution >= 4 is 18.0 Å². The Morgan fingerprint density at radius 2 is 1.54 bits per heavy atom. The predicted octanol–water partition coefficient (Wildman–Crippen LogP) is 2.99. The molecule has 2 rings (SSSR count). The summed E-state index contributed by atoms with van der Waals surface area (Å²) >= 11 is 0. The minimum absolute atomic E-state index is 0.185. The number of hydroxylamine groups is 1. The van der Waals surface area contributed by atoms with E-state index in [1.165, 1.54) is 0 Å². The summed E-state index contributed by atoms with van der Waals surface area (Å²) in [5, 5.41) is 12.3. The van der Waals surface area contributed by atoms with Crippen LogP contribution in [0.2, 0.25) is 0 Å². The molecule has 0 unspecified atom stereocenters. The van der Waals surface area contributed by atoms with Crippen LogP contribution >= 0.6 is 0 Å². The maximum absolute atomic E-state index is 11.6. The first kappa shape index (κ1) is 19.1. The average Bonchev–Trinajstić information content (AvgIpc) is 2.67. The van der Waals surface area contributed by atoms with Gasteiger partial charge in [0.2, 0.25) is 11.8 Å². The highest BCUT2D eigenvalue weighted by molar-refractivity contribution is 5.82. The molecule has 0 radical (unpaired) electrons. The van der Waals surface area contributed by atoms with Gasteiger partial charge in [-0.1, -0.05) is 18.2 Å². The highest BCUT2D eigenvalue weighted by Gasteiger charge is 2.02. The summed E-state index contributed by atoms with van der Waals surface area (Å²) in [4.78, 5) is 22.4. The molecular weight excluding hydrogens is 334 g/mol. The number of ether oxygens (including phenoxy) is 1. The Morgan fingerprint density at radius 1 is 0.923 bits per heavy atom. The zero-order chi connectivity index (χ0) is 18.6. The molecule has 7 nitrogen and oxygen atoms in total. The van der Waals surface area contributed by atoms with Crippen molar-refractivity contribution in [3.63, 3.8) is 0 Å². The van der Waals surface area contributed by atoms with E-state index in [4.69, 9.17) is 9.94 Å². The average molecular weight is 355 g/mol. The SMILES string of the molecule is O=C(CCCCC(=O)N/N=C/c1ccc(Oc2ccccc2)cc1)NO. The van der Waals surface area contributed by atoms with Crippen LogP contribution in [0.25, 0.3) is 0 Å². The Morgan fingerprint density at radius 3 is 2.19 bits per heavy atom. The molecule has 0 bridgehead atoms. The summed E-state index contributed by atoms with van der Waals surface area (Å²) in [7, 11) is 0.